The first-order valence-corrected chi connectivity index (χ1v) is 8.54. The van der Waals surface area contributed by atoms with E-state index in [-0.39, 0.29) is 23.8 Å². The molecule has 0 aliphatic carbocycles. The standard InChI is InChI=1S/C15H27N3O3S/c1-14(2,3)6-11(19)18-9-22-7-10(18)12(20)17-8-15(4,5)13(16)21/h10H,6-9H2,1-5H3,(H2,16,21)(H,17,20)/t10-/m1/s1. The molecular formula is C15H27N3O3S. The van der Waals surface area contributed by atoms with E-state index in [0.717, 1.165) is 0 Å². The van der Waals surface area contributed by atoms with Crippen LogP contribution in [0, 0.1) is 10.8 Å². The number of carbonyl (C=O) groups is 3. The number of carbonyl (C=O) groups excluding carboxylic acids is 3. The molecule has 7 heteroatoms. The molecule has 1 atom stereocenters. The van der Waals surface area contributed by atoms with Crippen molar-refractivity contribution in [2.75, 3.05) is 18.2 Å². The second kappa shape index (κ2) is 6.89. The number of primary amides is 1. The molecule has 126 valence electrons. The van der Waals surface area contributed by atoms with E-state index in [0.29, 0.717) is 18.1 Å². The molecule has 3 N–H and O–H groups in total. The van der Waals surface area contributed by atoms with E-state index in [1.165, 1.54) is 0 Å². The number of thioether (sulfide) groups is 1. The van der Waals surface area contributed by atoms with E-state index >= 15 is 0 Å². The second-order valence-electron chi connectivity index (χ2n) is 7.58. The van der Waals surface area contributed by atoms with Gasteiger partial charge in [-0.1, -0.05) is 20.8 Å². The number of nitrogens with one attached hydrogen (secondary N) is 1. The summed E-state index contributed by atoms with van der Waals surface area (Å²) in [5.74, 6) is 0.424. The largest absolute Gasteiger partial charge is 0.369 e. The van der Waals surface area contributed by atoms with Gasteiger partial charge in [-0.05, 0) is 19.3 Å². The van der Waals surface area contributed by atoms with Crippen LogP contribution in [0.15, 0.2) is 0 Å². The van der Waals surface area contributed by atoms with Crippen molar-refractivity contribution in [3.05, 3.63) is 0 Å². The molecule has 0 aromatic heterocycles. The molecule has 3 amide bonds. The van der Waals surface area contributed by atoms with Gasteiger partial charge in [-0.2, -0.15) is 0 Å². The molecule has 0 saturated carbocycles. The van der Waals surface area contributed by atoms with Crippen molar-refractivity contribution in [2.24, 2.45) is 16.6 Å². The predicted molar refractivity (Wildman–Crippen MR) is 88.0 cm³/mol. The third kappa shape index (κ3) is 5.19. The molecule has 0 bridgehead atoms. The fourth-order valence-electron chi connectivity index (χ4n) is 1.97. The molecule has 1 fully saturated rings. The monoisotopic (exact) mass is 329 g/mol. The van der Waals surface area contributed by atoms with Crippen LogP contribution >= 0.6 is 11.8 Å². The average Bonchev–Trinajstić information content (AvgIpc) is 2.83. The lowest BCUT2D eigenvalue weighted by Gasteiger charge is -2.28. The Morgan fingerprint density at radius 2 is 1.82 bits per heavy atom. The van der Waals surface area contributed by atoms with Gasteiger partial charge in [0.15, 0.2) is 0 Å². The highest BCUT2D eigenvalue weighted by Crippen LogP contribution is 2.26. The van der Waals surface area contributed by atoms with Crippen LogP contribution in [0.1, 0.15) is 41.0 Å². The van der Waals surface area contributed by atoms with Gasteiger partial charge in [0.1, 0.15) is 6.04 Å². The lowest BCUT2D eigenvalue weighted by atomic mass is 9.91. The summed E-state index contributed by atoms with van der Waals surface area (Å²) in [4.78, 5) is 37.6. The van der Waals surface area contributed by atoms with Gasteiger partial charge in [0.25, 0.3) is 0 Å². The Balaban J connectivity index is 2.64. The second-order valence-corrected chi connectivity index (χ2v) is 8.58. The normalized spacial score (nSPS) is 19.1. The summed E-state index contributed by atoms with van der Waals surface area (Å²) in [5.41, 5.74) is 4.38. The van der Waals surface area contributed by atoms with Crippen molar-refractivity contribution >= 4 is 29.5 Å². The smallest absolute Gasteiger partial charge is 0.243 e. The zero-order valence-corrected chi connectivity index (χ0v) is 14.9. The Morgan fingerprint density at radius 1 is 1.23 bits per heavy atom. The maximum absolute atomic E-state index is 12.3. The third-order valence-corrected chi connectivity index (χ3v) is 4.57. The molecule has 0 aromatic carbocycles. The van der Waals surface area contributed by atoms with Crippen molar-refractivity contribution in [2.45, 2.75) is 47.1 Å². The summed E-state index contributed by atoms with van der Waals surface area (Å²) in [6, 6.07) is -0.469. The van der Waals surface area contributed by atoms with Crippen LogP contribution in [0.4, 0.5) is 0 Å². The van der Waals surface area contributed by atoms with E-state index in [1.54, 1.807) is 30.5 Å². The van der Waals surface area contributed by atoms with Gasteiger partial charge in [0.2, 0.25) is 17.7 Å². The SMILES string of the molecule is CC(C)(C)CC(=O)N1CSC[C@@H]1C(=O)NCC(C)(C)C(N)=O. The van der Waals surface area contributed by atoms with Crippen LogP contribution < -0.4 is 11.1 Å². The van der Waals surface area contributed by atoms with Gasteiger partial charge in [0.05, 0.1) is 11.3 Å². The molecular weight excluding hydrogens is 302 g/mol. The van der Waals surface area contributed by atoms with Crippen LogP contribution in [0.2, 0.25) is 0 Å². The summed E-state index contributed by atoms with van der Waals surface area (Å²) in [6.45, 7) is 9.53. The summed E-state index contributed by atoms with van der Waals surface area (Å²) in [6.07, 6.45) is 0.407. The Hall–Kier alpha value is -1.24. The molecule has 1 saturated heterocycles. The molecule has 1 aliphatic heterocycles. The average molecular weight is 329 g/mol. The summed E-state index contributed by atoms with van der Waals surface area (Å²) in [7, 11) is 0. The van der Waals surface area contributed by atoms with Crippen LogP contribution in [-0.4, -0.2) is 46.8 Å². The number of nitrogens with two attached hydrogens (primary N) is 1. The zero-order valence-electron chi connectivity index (χ0n) is 14.1. The predicted octanol–water partition coefficient (Wildman–Crippen LogP) is 0.952. The number of amides is 3. The van der Waals surface area contributed by atoms with Gasteiger partial charge in [-0.25, -0.2) is 0 Å². The lowest BCUT2D eigenvalue weighted by molar-refractivity contribution is -0.139. The van der Waals surface area contributed by atoms with Gasteiger partial charge in [-0.3, -0.25) is 14.4 Å². The maximum atomic E-state index is 12.3. The number of hydrogen-bond donors (Lipinski definition) is 2. The fraction of sp³-hybridized carbons (Fsp3) is 0.800. The van der Waals surface area contributed by atoms with E-state index in [4.69, 9.17) is 5.73 Å². The van der Waals surface area contributed by atoms with Crippen molar-refractivity contribution < 1.29 is 14.4 Å². The molecule has 0 aromatic rings. The summed E-state index contributed by atoms with van der Waals surface area (Å²) < 4.78 is 0. The van der Waals surface area contributed by atoms with E-state index in [9.17, 15) is 14.4 Å². The van der Waals surface area contributed by atoms with Crippen molar-refractivity contribution in [1.82, 2.24) is 10.2 Å². The minimum atomic E-state index is -0.804. The minimum Gasteiger partial charge on any atom is -0.369 e. The number of nitrogens with zero attached hydrogens (tertiary/aromatic N) is 1. The van der Waals surface area contributed by atoms with Gasteiger partial charge < -0.3 is 16.0 Å². The molecule has 0 spiro atoms. The maximum Gasteiger partial charge on any atom is 0.243 e. The van der Waals surface area contributed by atoms with Crippen molar-refractivity contribution in [1.29, 1.82) is 0 Å². The van der Waals surface area contributed by atoms with Crippen LogP contribution in [-0.2, 0) is 14.4 Å². The highest BCUT2D eigenvalue weighted by molar-refractivity contribution is 7.99. The Labute approximate surface area is 136 Å². The molecule has 1 aliphatic rings. The van der Waals surface area contributed by atoms with Gasteiger partial charge in [0, 0.05) is 18.7 Å². The minimum absolute atomic E-state index is 0.00758. The van der Waals surface area contributed by atoms with Gasteiger partial charge in [-0.15, -0.1) is 11.8 Å². The summed E-state index contributed by atoms with van der Waals surface area (Å²) in [5, 5.41) is 2.75. The van der Waals surface area contributed by atoms with Crippen molar-refractivity contribution in [3.8, 4) is 0 Å². The highest BCUT2D eigenvalue weighted by atomic mass is 32.2. The molecule has 0 unspecified atom stereocenters. The Morgan fingerprint density at radius 3 is 2.32 bits per heavy atom. The lowest BCUT2D eigenvalue weighted by Crippen LogP contribution is -2.51. The molecule has 1 heterocycles. The molecule has 0 radical (unpaired) electrons. The fourth-order valence-corrected chi connectivity index (χ4v) is 3.15. The topological polar surface area (TPSA) is 92.5 Å². The molecule has 1 rings (SSSR count). The zero-order chi connectivity index (χ0) is 17.1. The van der Waals surface area contributed by atoms with Crippen LogP contribution in [0.5, 0.6) is 0 Å². The quantitative estimate of drug-likeness (QED) is 0.785. The van der Waals surface area contributed by atoms with Crippen LogP contribution in [0.3, 0.4) is 0 Å². The Bertz CT molecular complexity index is 457. The van der Waals surface area contributed by atoms with Gasteiger partial charge >= 0.3 is 0 Å². The van der Waals surface area contributed by atoms with Crippen LogP contribution in [0.25, 0.3) is 0 Å². The Kier molecular flexibility index (Phi) is 5.89. The first-order valence-electron chi connectivity index (χ1n) is 7.39. The number of hydrogen-bond acceptors (Lipinski definition) is 4. The van der Waals surface area contributed by atoms with Crippen molar-refractivity contribution in [3.63, 3.8) is 0 Å². The highest BCUT2D eigenvalue weighted by Gasteiger charge is 2.36. The van der Waals surface area contributed by atoms with E-state index < -0.39 is 17.4 Å². The first-order chi connectivity index (χ1) is 9.94. The van der Waals surface area contributed by atoms with E-state index in [1.807, 2.05) is 20.8 Å². The van der Waals surface area contributed by atoms with E-state index in [2.05, 4.69) is 5.32 Å². The third-order valence-electron chi connectivity index (χ3n) is 3.56. The number of rotatable bonds is 5. The molecule has 6 nitrogen and oxygen atoms in total. The first kappa shape index (κ1) is 18.8. The molecule has 22 heavy (non-hydrogen) atoms. The summed E-state index contributed by atoms with van der Waals surface area (Å²) >= 11 is 1.57.